The Morgan fingerprint density at radius 2 is 2.18 bits per heavy atom. The maximum Gasteiger partial charge on any atom is 0.161 e. The zero-order valence-corrected chi connectivity index (χ0v) is 10.9. The Morgan fingerprint density at radius 3 is 2.82 bits per heavy atom. The molecule has 0 unspecified atom stereocenters. The normalized spacial score (nSPS) is 14.5. The first-order chi connectivity index (χ1) is 8.38. The Kier molecular flexibility index (Phi) is 4.74. The second kappa shape index (κ2) is 6.55. The van der Waals surface area contributed by atoms with Crippen molar-refractivity contribution in [2.45, 2.75) is 19.8 Å². The summed E-state index contributed by atoms with van der Waals surface area (Å²) >= 11 is 1.77. The molecule has 17 heavy (non-hydrogen) atoms. The Hall–Kier alpha value is -1.16. The highest BCUT2D eigenvalue weighted by molar-refractivity contribution is 8.14. The second-order valence-electron chi connectivity index (χ2n) is 3.89. The van der Waals surface area contributed by atoms with E-state index in [4.69, 9.17) is 4.74 Å². The molecule has 1 aromatic carbocycles. The van der Waals surface area contributed by atoms with Crippen LogP contribution in [0.2, 0.25) is 0 Å². The molecule has 0 bridgehead atoms. The van der Waals surface area contributed by atoms with E-state index in [9.17, 15) is 0 Å². The largest absolute Gasteiger partial charge is 0.494 e. The number of nitrogens with zero attached hydrogens (tertiary/aromatic N) is 1. The van der Waals surface area contributed by atoms with E-state index in [-0.39, 0.29) is 0 Å². The summed E-state index contributed by atoms with van der Waals surface area (Å²) in [5.74, 6) is 2.02. The van der Waals surface area contributed by atoms with Crippen molar-refractivity contribution in [3.05, 3.63) is 24.3 Å². The first-order valence-corrected chi connectivity index (χ1v) is 7.04. The lowest BCUT2D eigenvalue weighted by atomic mass is 10.3. The molecular formula is C13H18N2OS. The van der Waals surface area contributed by atoms with Crippen LogP contribution in [0.1, 0.15) is 19.8 Å². The van der Waals surface area contributed by atoms with Gasteiger partial charge in [0.2, 0.25) is 0 Å². The van der Waals surface area contributed by atoms with Gasteiger partial charge >= 0.3 is 0 Å². The lowest BCUT2D eigenvalue weighted by Crippen LogP contribution is -2.04. The summed E-state index contributed by atoms with van der Waals surface area (Å²) in [4.78, 5) is 4.35. The Bertz CT molecular complexity index is 376. The maximum absolute atomic E-state index is 5.61. The summed E-state index contributed by atoms with van der Waals surface area (Å²) in [5, 5.41) is 4.31. The number of unbranched alkanes of at least 4 members (excludes halogenated alkanes) is 1. The molecule has 0 spiro atoms. The molecule has 0 atom stereocenters. The maximum atomic E-state index is 5.61. The van der Waals surface area contributed by atoms with Crippen molar-refractivity contribution in [2.24, 2.45) is 4.99 Å². The van der Waals surface area contributed by atoms with Crippen molar-refractivity contribution in [3.63, 3.8) is 0 Å². The molecule has 0 saturated carbocycles. The van der Waals surface area contributed by atoms with E-state index in [1.165, 1.54) is 0 Å². The summed E-state index contributed by atoms with van der Waals surface area (Å²) in [6.45, 7) is 3.88. The zero-order valence-electron chi connectivity index (χ0n) is 10.1. The van der Waals surface area contributed by atoms with Crippen LogP contribution >= 0.6 is 11.8 Å². The minimum absolute atomic E-state index is 0.797. The second-order valence-corrected chi connectivity index (χ2v) is 4.97. The molecule has 4 heteroatoms. The van der Waals surface area contributed by atoms with Gasteiger partial charge in [-0.3, -0.25) is 4.99 Å². The third kappa shape index (κ3) is 3.97. The summed E-state index contributed by atoms with van der Waals surface area (Å²) in [5.41, 5.74) is 1.07. The Balaban J connectivity index is 1.84. The van der Waals surface area contributed by atoms with Gasteiger partial charge in [-0.15, -0.1) is 0 Å². The minimum atomic E-state index is 0.797. The number of amidine groups is 1. The van der Waals surface area contributed by atoms with E-state index in [0.717, 1.165) is 48.4 Å². The molecule has 92 valence electrons. The van der Waals surface area contributed by atoms with Crippen molar-refractivity contribution in [3.8, 4) is 5.75 Å². The molecule has 1 N–H and O–H groups in total. The molecule has 0 amide bonds. The van der Waals surface area contributed by atoms with Gasteiger partial charge in [-0.25, -0.2) is 0 Å². The van der Waals surface area contributed by atoms with E-state index in [0.29, 0.717) is 0 Å². The van der Waals surface area contributed by atoms with E-state index >= 15 is 0 Å². The predicted molar refractivity (Wildman–Crippen MR) is 75.2 cm³/mol. The number of anilines is 1. The molecule has 1 aliphatic rings. The van der Waals surface area contributed by atoms with Crippen LogP contribution in [0.25, 0.3) is 0 Å². The highest BCUT2D eigenvalue weighted by Crippen LogP contribution is 2.19. The van der Waals surface area contributed by atoms with Gasteiger partial charge in [0.15, 0.2) is 5.17 Å². The van der Waals surface area contributed by atoms with Crippen LogP contribution in [0.5, 0.6) is 5.75 Å². The van der Waals surface area contributed by atoms with Crippen LogP contribution in [-0.4, -0.2) is 24.1 Å². The molecule has 1 aromatic rings. The SMILES string of the molecule is CCCCOc1ccc(NC2=NCCS2)cc1. The average Bonchev–Trinajstić information content (AvgIpc) is 2.85. The third-order valence-electron chi connectivity index (χ3n) is 2.46. The first kappa shape index (κ1) is 12.3. The van der Waals surface area contributed by atoms with E-state index in [2.05, 4.69) is 17.2 Å². The fourth-order valence-corrected chi connectivity index (χ4v) is 2.25. The van der Waals surface area contributed by atoms with Crippen LogP contribution in [0.4, 0.5) is 5.69 Å². The van der Waals surface area contributed by atoms with E-state index in [1.54, 1.807) is 11.8 Å². The monoisotopic (exact) mass is 250 g/mol. The molecule has 1 heterocycles. The summed E-state index contributed by atoms with van der Waals surface area (Å²) in [6.07, 6.45) is 2.27. The Morgan fingerprint density at radius 1 is 1.35 bits per heavy atom. The third-order valence-corrected chi connectivity index (χ3v) is 3.35. The van der Waals surface area contributed by atoms with Crippen molar-refractivity contribution in [1.29, 1.82) is 0 Å². The fourth-order valence-electron chi connectivity index (χ4n) is 1.50. The molecule has 0 radical (unpaired) electrons. The van der Waals surface area contributed by atoms with Gasteiger partial charge < -0.3 is 10.1 Å². The molecule has 3 nitrogen and oxygen atoms in total. The van der Waals surface area contributed by atoms with Gasteiger partial charge in [0.05, 0.1) is 13.2 Å². The van der Waals surface area contributed by atoms with Gasteiger partial charge in [0.25, 0.3) is 0 Å². The van der Waals surface area contributed by atoms with Gasteiger partial charge in [-0.2, -0.15) is 0 Å². The van der Waals surface area contributed by atoms with Crippen LogP contribution in [0.15, 0.2) is 29.3 Å². The molecule has 0 aliphatic carbocycles. The molecule has 0 saturated heterocycles. The number of hydrogen-bond donors (Lipinski definition) is 1. The molecule has 0 aromatic heterocycles. The van der Waals surface area contributed by atoms with Crippen molar-refractivity contribution in [2.75, 3.05) is 24.2 Å². The Labute approximate surface area is 107 Å². The van der Waals surface area contributed by atoms with Crippen LogP contribution < -0.4 is 10.1 Å². The highest BCUT2D eigenvalue weighted by Gasteiger charge is 2.06. The molecule has 2 rings (SSSR count). The lowest BCUT2D eigenvalue weighted by Gasteiger charge is -2.08. The van der Waals surface area contributed by atoms with Crippen LogP contribution in [0.3, 0.4) is 0 Å². The zero-order chi connectivity index (χ0) is 11.9. The number of nitrogens with one attached hydrogen (secondary N) is 1. The van der Waals surface area contributed by atoms with Gasteiger partial charge in [-0.1, -0.05) is 25.1 Å². The average molecular weight is 250 g/mol. The van der Waals surface area contributed by atoms with Crippen LogP contribution in [0, 0.1) is 0 Å². The minimum Gasteiger partial charge on any atom is -0.494 e. The molecular weight excluding hydrogens is 232 g/mol. The summed E-state index contributed by atoms with van der Waals surface area (Å²) in [7, 11) is 0. The fraction of sp³-hybridized carbons (Fsp3) is 0.462. The van der Waals surface area contributed by atoms with E-state index in [1.807, 2.05) is 24.3 Å². The number of thioether (sulfide) groups is 1. The topological polar surface area (TPSA) is 33.6 Å². The van der Waals surface area contributed by atoms with Crippen molar-refractivity contribution >= 4 is 22.6 Å². The van der Waals surface area contributed by atoms with Gasteiger partial charge in [0, 0.05) is 11.4 Å². The van der Waals surface area contributed by atoms with E-state index < -0.39 is 0 Å². The summed E-state index contributed by atoms with van der Waals surface area (Å²) in [6, 6.07) is 8.06. The molecule has 1 aliphatic heterocycles. The first-order valence-electron chi connectivity index (χ1n) is 6.05. The molecule has 0 fully saturated rings. The number of aliphatic imine (C=N–C) groups is 1. The quantitative estimate of drug-likeness (QED) is 0.813. The number of hydrogen-bond acceptors (Lipinski definition) is 4. The van der Waals surface area contributed by atoms with Crippen LogP contribution in [-0.2, 0) is 0 Å². The standard InChI is InChI=1S/C13H18N2OS/c1-2-3-9-16-12-6-4-11(5-7-12)15-13-14-8-10-17-13/h4-7H,2-3,8-10H2,1H3,(H,14,15). The number of ether oxygens (including phenoxy) is 1. The smallest absolute Gasteiger partial charge is 0.161 e. The van der Waals surface area contributed by atoms with Crippen molar-refractivity contribution < 1.29 is 4.74 Å². The lowest BCUT2D eigenvalue weighted by molar-refractivity contribution is 0.309. The predicted octanol–water partition coefficient (Wildman–Crippen LogP) is 3.38. The van der Waals surface area contributed by atoms with Gasteiger partial charge in [-0.05, 0) is 30.7 Å². The number of benzene rings is 1. The summed E-state index contributed by atoms with van der Waals surface area (Å²) < 4.78 is 5.61. The van der Waals surface area contributed by atoms with Gasteiger partial charge in [0.1, 0.15) is 5.75 Å². The highest BCUT2D eigenvalue weighted by atomic mass is 32.2. The number of rotatable bonds is 5. The van der Waals surface area contributed by atoms with Crippen molar-refractivity contribution in [1.82, 2.24) is 0 Å².